The summed E-state index contributed by atoms with van der Waals surface area (Å²) in [6.45, 7) is 5.75. The SMILES string of the molecule is CCc1ccc(/C=C2\Oc3c(cc4c(c3C)OCN(Cc3ccc(Cl)cc3Cl)C4)C2=O)cc1. The summed E-state index contributed by atoms with van der Waals surface area (Å²) in [6.07, 6.45) is 2.78. The number of halogens is 2. The van der Waals surface area contributed by atoms with Gasteiger partial charge in [0.1, 0.15) is 18.2 Å². The van der Waals surface area contributed by atoms with Crippen LogP contribution in [0, 0.1) is 6.92 Å². The Hall–Kier alpha value is -2.79. The lowest BCUT2D eigenvalue weighted by atomic mass is 9.99. The molecule has 0 atom stereocenters. The summed E-state index contributed by atoms with van der Waals surface area (Å²) in [4.78, 5) is 15.3. The highest BCUT2D eigenvalue weighted by molar-refractivity contribution is 6.35. The van der Waals surface area contributed by atoms with E-state index in [-0.39, 0.29) is 5.78 Å². The third kappa shape index (κ3) is 4.26. The molecule has 2 heterocycles. The molecule has 33 heavy (non-hydrogen) atoms. The van der Waals surface area contributed by atoms with Gasteiger partial charge in [0.2, 0.25) is 5.78 Å². The Kier molecular flexibility index (Phi) is 5.92. The van der Waals surface area contributed by atoms with Crippen molar-refractivity contribution in [2.45, 2.75) is 33.4 Å². The highest BCUT2D eigenvalue weighted by Gasteiger charge is 2.33. The van der Waals surface area contributed by atoms with Crippen LogP contribution in [-0.4, -0.2) is 17.4 Å². The van der Waals surface area contributed by atoms with Crippen LogP contribution in [0.4, 0.5) is 0 Å². The molecule has 0 amide bonds. The van der Waals surface area contributed by atoms with Crippen LogP contribution < -0.4 is 9.47 Å². The minimum Gasteiger partial charge on any atom is -0.477 e. The van der Waals surface area contributed by atoms with Gasteiger partial charge in [-0.05, 0) is 54.3 Å². The fraction of sp³-hybridized carbons (Fsp3) is 0.222. The van der Waals surface area contributed by atoms with Crippen molar-refractivity contribution in [1.29, 1.82) is 0 Å². The van der Waals surface area contributed by atoms with Gasteiger partial charge in [-0.3, -0.25) is 9.69 Å². The van der Waals surface area contributed by atoms with Crippen LogP contribution in [0.25, 0.3) is 6.08 Å². The highest BCUT2D eigenvalue weighted by atomic mass is 35.5. The maximum absolute atomic E-state index is 13.1. The van der Waals surface area contributed by atoms with E-state index in [1.165, 1.54) is 5.56 Å². The second kappa shape index (κ2) is 8.86. The van der Waals surface area contributed by atoms with Crippen molar-refractivity contribution in [3.8, 4) is 11.5 Å². The third-order valence-corrected chi connectivity index (χ3v) is 6.68. The first kappa shape index (κ1) is 22.0. The first-order chi connectivity index (χ1) is 15.9. The van der Waals surface area contributed by atoms with Crippen molar-refractivity contribution in [2.24, 2.45) is 0 Å². The summed E-state index contributed by atoms with van der Waals surface area (Å²) in [5.41, 5.74) is 5.57. The smallest absolute Gasteiger partial charge is 0.231 e. The molecule has 3 aromatic rings. The minimum absolute atomic E-state index is 0.103. The Labute approximate surface area is 203 Å². The van der Waals surface area contributed by atoms with E-state index in [4.69, 9.17) is 32.7 Å². The number of ketones is 1. The molecule has 0 unspecified atom stereocenters. The molecule has 3 aromatic carbocycles. The third-order valence-electron chi connectivity index (χ3n) is 6.10. The number of rotatable bonds is 4. The summed E-state index contributed by atoms with van der Waals surface area (Å²) in [7, 11) is 0. The average molecular weight is 480 g/mol. The van der Waals surface area contributed by atoms with Gasteiger partial charge in [0.05, 0.1) is 5.56 Å². The minimum atomic E-state index is -0.103. The molecule has 2 aliphatic heterocycles. The van der Waals surface area contributed by atoms with Gasteiger partial charge in [0.25, 0.3) is 0 Å². The molecule has 168 valence electrons. The van der Waals surface area contributed by atoms with E-state index >= 15 is 0 Å². The Morgan fingerprint density at radius 2 is 1.85 bits per heavy atom. The van der Waals surface area contributed by atoms with E-state index in [0.29, 0.717) is 46.9 Å². The number of benzene rings is 3. The van der Waals surface area contributed by atoms with Gasteiger partial charge in [-0.1, -0.05) is 60.5 Å². The lowest BCUT2D eigenvalue weighted by Gasteiger charge is -2.30. The summed E-state index contributed by atoms with van der Waals surface area (Å²) >= 11 is 12.4. The van der Waals surface area contributed by atoms with Crippen LogP contribution in [0.5, 0.6) is 11.5 Å². The van der Waals surface area contributed by atoms with Crippen molar-refractivity contribution in [2.75, 3.05) is 6.73 Å². The normalized spacial score (nSPS) is 16.4. The van der Waals surface area contributed by atoms with E-state index in [2.05, 4.69) is 24.0 Å². The summed E-state index contributed by atoms with van der Waals surface area (Å²) in [6, 6.07) is 15.5. The molecule has 5 rings (SSSR count). The zero-order chi connectivity index (χ0) is 23.1. The van der Waals surface area contributed by atoms with E-state index in [0.717, 1.165) is 34.4 Å². The van der Waals surface area contributed by atoms with Crippen molar-refractivity contribution < 1.29 is 14.3 Å². The number of allylic oxidation sites excluding steroid dienone is 1. The fourth-order valence-electron chi connectivity index (χ4n) is 4.29. The molecule has 0 aromatic heterocycles. The summed E-state index contributed by atoms with van der Waals surface area (Å²) < 4.78 is 12.1. The molecule has 0 saturated carbocycles. The number of ether oxygens (including phenoxy) is 2. The predicted octanol–water partition coefficient (Wildman–Crippen LogP) is 6.83. The maximum Gasteiger partial charge on any atom is 0.231 e. The van der Waals surface area contributed by atoms with Gasteiger partial charge in [-0.25, -0.2) is 0 Å². The molecule has 0 bridgehead atoms. The van der Waals surface area contributed by atoms with Crippen LogP contribution in [0.3, 0.4) is 0 Å². The molecule has 2 aliphatic rings. The number of fused-ring (bicyclic) bond motifs is 2. The molecule has 0 aliphatic carbocycles. The largest absolute Gasteiger partial charge is 0.477 e. The molecular formula is C27H23Cl2NO3. The average Bonchev–Trinajstić information content (AvgIpc) is 3.12. The molecule has 0 saturated heterocycles. The van der Waals surface area contributed by atoms with Crippen molar-refractivity contribution in [1.82, 2.24) is 4.90 Å². The molecule has 0 fully saturated rings. The van der Waals surface area contributed by atoms with Crippen LogP contribution >= 0.6 is 23.2 Å². The van der Waals surface area contributed by atoms with E-state index in [1.807, 2.05) is 37.3 Å². The van der Waals surface area contributed by atoms with Crippen LogP contribution in [0.15, 0.2) is 54.3 Å². The van der Waals surface area contributed by atoms with Gasteiger partial charge < -0.3 is 9.47 Å². The van der Waals surface area contributed by atoms with Crippen molar-refractivity contribution >= 4 is 35.1 Å². The first-order valence-corrected chi connectivity index (χ1v) is 11.7. The molecule has 6 heteroatoms. The maximum atomic E-state index is 13.1. The van der Waals surface area contributed by atoms with E-state index in [9.17, 15) is 4.79 Å². The Bertz CT molecular complexity index is 1280. The zero-order valence-corrected chi connectivity index (χ0v) is 20.0. The van der Waals surface area contributed by atoms with E-state index in [1.54, 1.807) is 12.1 Å². The van der Waals surface area contributed by atoms with Crippen molar-refractivity contribution in [3.05, 3.63) is 97.7 Å². The number of hydrogen-bond acceptors (Lipinski definition) is 4. The first-order valence-electron chi connectivity index (χ1n) is 10.9. The van der Waals surface area contributed by atoms with E-state index < -0.39 is 0 Å². The Morgan fingerprint density at radius 3 is 2.58 bits per heavy atom. The standard InChI is InChI=1S/C27H23Cl2NO3/c1-3-17-4-6-18(7-5-17)10-24-25(31)22-11-20-14-30(13-19-8-9-21(28)12-23(19)29)15-32-26(20)16(2)27(22)33-24/h4-12H,3,13-15H2,1-2H3/b24-10-. The molecular weight excluding hydrogens is 457 g/mol. The van der Waals surface area contributed by atoms with Gasteiger partial charge in [-0.15, -0.1) is 0 Å². The van der Waals surface area contributed by atoms with Crippen LogP contribution in [0.1, 0.15) is 45.1 Å². The number of Topliss-reactive ketones (excluding diaryl/α,β-unsaturated/α-hetero) is 1. The zero-order valence-electron chi connectivity index (χ0n) is 18.5. The van der Waals surface area contributed by atoms with Crippen LogP contribution in [-0.2, 0) is 19.5 Å². The van der Waals surface area contributed by atoms with Crippen molar-refractivity contribution in [3.63, 3.8) is 0 Å². The predicted molar refractivity (Wildman–Crippen MR) is 131 cm³/mol. The Balaban J connectivity index is 1.40. The number of carbonyl (C=O) groups is 1. The monoisotopic (exact) mass is 479 g/mol. The van der Waals surface area contributed by atoms with Crippen LogP contribution in [0.2, 0.25) is 10.0 Å². The molecule has 0 spiro atoms. The quantitative estimate of drug-likeness (QED) is 0.384. The van der Waals surface area contributed by atoms with Gasteiger partial charge in [0, 0.05) is 34.3 Å². The van der Waals surface area contributed by atoms with Gasteiger partial charge in [0.15, 0.2) is 5.76 Å². The molecule has 4 nitrogen and oxygen atoms in total. The van der Waals surface area contributed by atoms with Gasteiger partial charge in [-0.2, -0.15) is 0 Å². The molecule has 0 radical (unpaired) electrons. The lowest BCUT2D eigenvalue weighted by molar-refractivity contribution is 0.0877. The summed E-state index contributed by atoms with van der Waals surface area (Å²) in [5.74, 6) is 1.61. The molecule has 0 N–H and O–H groups in total. The number of hydrogen-bond donors (Lipinski definition) is 0. The second-order valence-corrected chi connectivity index (χ2v) is 9.24. The summed E-state index contributed by atoms with van der Waals surface area (Å²) in [5, 5.41) is 1.24. The lowest BCUT2D eigenvalue weighted by Crippen LogP contribution is -2.32. The number of aryl methyl sites for hydroxylation is 1. The van der Waals surface area contributed by atoms with Gasteiger partial charge >= 0.3 is 0 Å². The Morgan fingerprint density at radius 1 is 1.06 bits per heavy atom. The second-order valence-electron chi connectivity index (χ2n) is 8.40. The topological polar surface area (TPSA) is 38.8 Å². The highest BCUT2D eigenvalue weighted by Crippen LogP contribution is 2.43. The fourth-order valence-corrected chi connectivity index (χ4v) is 4.76. The number of nitrogens with zero attached hydrogens (tertiary/aromatic N) is 1. The number of carbonyl (C=O) groups excluding carboxylic acids is 1.